The fourth-order valence-corrected chi connectivity index (χ4v) is 3.58. The van der Waals surface area contributed by atoms with Crippen molar-refractivity contribution in [3.8, 4) is 5.75 Å². The van der Waals surface area contributed by atoms with Crippen molar-refractivity contribution in [2.45, 2.75) is 13.2 Å². The number of aromatic nitrogens is 2. The average molecular weight is 480 g/mol. The molecule has 1 aromatic heterocycles. The largest absolute Gasteiger partial charge is 0.486 e. The number of amides is 2. The summed E-state index contributed by atoms with van der Waals surface area (Å²) < 4.78 is 31.7. The molecule has 2 N–H and O–H groups in total. The maximum atomic E-state index is 13.3. The van der Waals surface area contributed by atoms with Crippen molar-refractivity contribution in [1.82, 2.24) is 15.5 Å². The van der Waals surface area contributed by atoms with Gasteiger partial charge in [-0.1, -0.05) is 29.5 Å². The molecule has 0 aliphatic carbocycles. The highest BCUT2D eigenvalue weighted by molar-refractivity contribution is 7.13. The van der Waals surface area contributed by atoms with Gasteiger partial charge in [0.25, 0.3) is 11.8 Å². The van der Waals surface area contributed by atoms with E-state index < -0.39 is 5.91 Å². The van der Waals surface area contributed by atoms with Crippen LogP contribution in [0.25, 0.3) is 0 Å². The lowest BCUT2D eigenvalue weighted by Gasteiger charge is -2.08. The molecular weight excluding hydrogens is 462 g/mol. The summed E-state index contributed by atoms with van der Waals surface area (Å²) in [6, 6.07) is 17.9. The summed E-state index contributed by atoms with van der Waals surface area (Å²) >= 11 is 1.06. The molecule has 0 spiro atoms. The fraction of sp³-hybridized carbons (Fsp3) is 0.0833. The normalized spacial score (nSPS) is 10.5. The zero-order chi connectivity index (χ0) is 23.9. The highest BCUT2D eigenvalue weighted by Crippen LogP contribution is 2.18. The highest BCUT2D eigenvalue weighted by Gasteiger charge is 2.15. The molecule has 0 atom stereocenters. The molecule has 0 aliphatic heterocycles. The molecular formula is C24H18F2N4O3S. The Bertz CT molecular complexity index is 1310. The van der Waals surface area contributed by atoms with Crippen LogP contribution in [-0.4, -0.2) is 22.0 Å². The summed E-state index contributed by atoms with van der Waals surface area (Å²) in [6.45, 7) is 0.248. The molecule has 172 valence electrons. The Hall–Kier alpha value is -4.18. The standard InChI is InChI=1S/C24H18F2N4O3S/c25-17-7-9-20(10-8-17)33-14-21-29-30-24(34-21)23(32)28-19-6-2-4-16(12-19)22(31)27-13-15-3-1-5-18(26)11-15/h1-12H,13-14H2,(H,27,31)(H,28,32). The Morgan fingerprint density at radius 3 is 2.47 bits per heavy atom. The van der Waals surface area contributed by atoms with Crippen LogP contribution in [0.2, 0.25) is 0 Å². The summed E-state index contributed by atoms with van der Waals surface area (Å²) in [5, 5.41) is 13.8. The van der Waals surface area contributed by atoms with Crippen molar-refractivity contribution in [1.29, 1.82) is 0 Å². The van der Waals surface area contributed by atoms with Crippen molar-refractivity contribution >= 4 is 28.8 Å². The van der Waals surface area contributed by atoms with E-state index in [1.165, 1.54) is 42.5 Å². The molecule has 2 amide bonds. The van der Waals surface area contributed by atoms with Gasteiger partial charge in [0, 0.05) is 17.8 Å². The second-order valence-corrected chi connectivity index (χ2v) is 8.15. The molecule has 0 fully saturated rings. The van der Waals surface area contributed by atoms with Gasteiger partial charge in [-0.3, -0.25) is 9.59 Å². The zero-order valence-electron chi connectivity index (χ0n) is 17.6. The summed E-state index contributed by atoms with van der Waals surface area (Å²) in [5.74, 6) is -1.12. The van der Waals surface area contributed by atoms with Crippen LogP contribution in [0, 0.1) is 11.6 Å². The quantitative estimate of drug-likeness (QED) is 0.385. The zero-order valence-corrected chi connectivity index (χ0v) is 18.4. The maximum absolute atomic E-state index is 13.3. The molecule has 0 bridgehead atoms. The number of ether oxygens (including phenoxy) is 1. The van der Waals surface area contributed by atoms with Crippen molar-refractivity contribution in [2.24, 2.45) is 0 Å². The molecule has 0 saturated heterocycles. The lowest BCUT2D eigenvalue weighted by atomic mass is 10.1. The minimum atomic E-state index is -0.483. The first-order valence-corrected chi connectivity index (χ1v) is 10.9. The average Bonchev–Trinajstić information content (AvgIpc) is 3.32. The number of benzene rings is 3. The number of hydrogen-bond acceptors (Lipinski definition) is 6. The van der Waals surface area contributed by atoms with Gasteiger partial charge in [0.15, 0.2) is 5.01 Å². The summed E-state index contributed by atoms with van der Waals surface area (Å²) in [4.78, 5) is 25.0. The molecule has 0 aliphatic rings. The van der Waals surface area contributed by atoms with Gasteiger partial charge in [0.1, 0.15) is 24.0 Å². The minimum absolute atomic E-state index is 0.0809. The van der Waals surface area contributed by atoms with Crippen molar-refractivity contribution in [3.63, 3.8) is 0 Å². The third-order valence-corrected chi connectivity index (χ3v) is 5.46. The van der Waals surface area contributed by atoms with Crippen LogP contribution >= 0.6 is 11.3 Å². The molecule has 10 heteroatoms. The third kappa shape index (κ3) is 6.20. The predicted octanol–water partition coefficient (Wildman–Crippen LogP) is 4.58. The lowest BCUT2D eigenvalue weighted by Crippen LogP contribution is -2.23. The van der Waals surface area contributed by atoms with Crippen LogP contribution in [0.3, 0.4) is 0 Å². The van der Waals surface area contributed by atoms with Crippen molar-refractivity contribution in [3.05, 3.63) is 106 Å². The van der Waals surface area contributed by atoms with E-state index in [1.54, 1.807) is 30.3 Å². The van der Waals surface area contributed by atoms with Crippen molar-refractivity contribution in [2.75, 3.05) is 5.32 Å². The van der Waals surface area contributed by atoms with E-state index in [-0.39, 0.29) is 35.7 Å². The van der Waals surface area contributed by atoms with E-state index in [0.29, 0.717) is 27.6 Å². The van der Waals surface area contributed by atoms with Gasteiger partial charge in [-0.25, -0.2) is 8.78 Å². The number of nitrogens with one attached hydrogen (secondary N) is 2. The topological polar surface area (TPSA) is 93.2 Å². The lowest BCUT2D eigenvalue weighted by molar-refractivity contribution is 0.0949. The van der Waals surface area contributed by atoms with Crippen molar-refractivity contribution < 1.29 is 23.1 Å². The summed E-state index contributed by atoms with van der Waals surface area (Å²) in [7, 11) is 0. The molecule has 0 radical (unpaired) electrons. The number of anilines is 1. The van der Waals surface area contributed by atoms with Gasteiger partial charge < -0.3 is 15.4 Å². The first-order valence-electron chi connectivity index (χ1n) is 10.1. The molecule has 1 heterocycles. The number of halogens is 2. The molecule has 7 nitrogen and oxygen atoms in total. The number of carbonyl (C=O) groups excluding carboxylic acids is 2. The van der Waals surface area contributed by atoms with Gasteiger partial charge in [-0.2, -0.15) is 0 Å². The van der Waals surface area contributed by atoms with E-state index in [9.17, 15) is 18.4 Å². The molecule has 3 aromatic carbocycles. The minimum Gasteiger partial charge on any atom is -0.486 e. The highest BCUT2D eigenvalue weighted by atomic mass is 32.1. The van der Waals surface area contributed by atoms with Crippen LogP contribution in [0.4, 0.5) is 14.5 Å². The van der Waals surface area contributed by atoms with Crippen LogP contribution in [-0.2, 0) is 13.2 Å². The Kier molecular flexibility index (Phi) is 7.19. The Morgan fingerprint density at radius 2 is 1.68 bits per heavy atom. The summed E-state index contributed by atoms with van der Waals surface area (Å²) in [6.07, 6.45) is 0. The molecule has 34 heavy (non-hydrogen) atoms. The van der Waals surface area contributed by atoms with E-state index in [4.69, 9.17) is 4.74 Å². The van der Waals surface area contributed by atoms with Gasteiger partial charge in [-0.05, 0) is 60.2 Å². The second-order valence-electron chi connectivity index (χ2n) is 7.09. The van der Waals surface area contributed by atoms with Crippen LogP contribution < -0.4 is 15.4 Å². The van der Waals surface area contributed by atoms with E-state index in [0.717, 1.165) is 11.3 Å². The van der Waals surface area contributed by atoms with E-state index in [1.807, 2.05) is 0 Å². The monoisotopic (exact) mass is 480 g/mol. The first-order chi connectivity index (χ1) is 16.5. The Labute approximate surface area is 197 Å². The van der Waals surface area contributed by atoms with Crippen LogP contribution in [0.15, 0.2) is 72.8 Å². The third-order valence-electron chi connectivity index (χ3n) is 4.56. The number of hydrogen-bond donors (Lipinski definition) is 2. The molecule has 4 aromatic rings. The van der Waals surface area contributed by atoms with E-state index in [2.05, 4.69) is 20.8 Å². The second kappa shape index (κ2) is 10.6. The van der Waals surface area contributed by atoms with Gasteiger partial charge in [0.2, 0.25) is 5.01 Å². The van der Waals surface area contributed by atoms with Crippen LogP contribution in [0.5, 0.6) is 5.75 Å². The molecule has 0 saturated carbocycles. The SMILES string of the molecule is O=C(NCc1cccc(F)c1)c1cccc(NC(=O)c2nnc(COc3ccc(F)cc3)s2)c1. The number of rotatable bonds is 8. The van der Waals surface area contributed by atoms with Gasteiger partial charge in [0.05, 0.1) is 0 Å². The predicted molar refractivity (Wildman–Crippen MR) is 123 cm³/mol. The van der Waals surface area contributed by atoms with E-state index >= 15 is 0 Å². The summed E-state index contributed by atoms with van der Waals surface area (Å²) in [5.41, 5.74) is 1.37. The Morgan fingerprint density at radius 1 is 0.882 bits per heavy atom. The number of carbonyl (C=O) groups is 2. The molecule has 4 rings (SSSR count). The Balaban J connectivity index is 1.33. The fourth-order valence-electron chi connectivity index (χ4n) is 2.93. The number of nitrogens with zero attached hydrogens (tertiary/aromatic N) is 2. The van der Waals surface area contributed by atoms with Gasteiger partial charge >= 0.3 is 0 Å². The molecule has 0 unspecified atom stereocenters. The van der Waals surface area contributed by atoms with Crippen LogP contribution in [0.1, 0.15) is 30.7 Å². The van der Waals surface area contributed by atoms with Gasteiger partial charge in [-0.15, -0.1) is 10.2 Å². The first kappa shape index (κ1) is 23.0. The maximum Gasteiger partial charge on any atom is 0.286 e. The smallest absolute Gasteiger partial charge is 0.286 e.